The van der Waals surface area contributed by atoms with E-state index in [2.05, 4.69) is 5.32 Å². The molecule has 0 bridgehead atoms. The van der Waals surface area contributed by atoms with E-state index in [-0.39, 0.29) is 24.9 Å². The number of hydrogen-bond acceptors (Lipinski definition) is 4. The van der Waals surface area contributed by atoms with Gasteiger partial charge in [-0.05, 0) is 23.3 Å². The molecule has 1 atom stereocenters. The Morgan fingerprint density at radius 2 is 1.80 bits per heavy atom. The lowest BCUT2D eigenvalue weighted by Crippen LogP contribution is -2.43. The molecule has 0 radical (unpaired) electrons. The maximum absolute atomic E-state index is 11.9. The molecule has 0 saturated carbocycles. The molecule has 0 aliphatic heterocycles. The van der Waals surface area contributed by atoms with Crippen LogP contribution in [0, 0.1) is 0 Å². The monoisotopic (exact) mass is 384 g/mol. The fourth-order valence-corrected chi connectivity index (χ4v) is 2.35. The van der Waals surface area contributed by atoms with Crippen molar-refractivity contribution in [3.8, 4) is 5.75 Å². The lowest BCUT2D eigenvalue weighted by Gasteiger charge is -2.14. The van der Waals surface area contributed by atoms with E-state index in [1.165, 1.54) is 7.11 Å². The van der Waals surface area contributed by atoms with E-state index in [1.807, 2.05) is 42.5 Å². The average Bonchev–Trinajstić information content (AvgIpc) is 2.60. The van der Waals surface area contributed by atoms with Crippen molar-refractivity contribution >= 4 is 29.9 Å². The van der Waals surface area contributed by atoms with Crippen LogP contribution in [-0.4, -0.2) is 25.7 Å². The molecule has 2 aromatic rings. The summed E-state index contributed by atoms with van der Waals surface area (Å²) in [6.45, 7) is 0.918. The van der Waals surface area contributed by atoms with Crippen molar-refractivity contribution < 1.29 is 14.3 Å². The van der Waals surface area contributed by atoms with E-state index in [0.29, 0.717) is 23.9 Å². The van der Waals surface area contributed by atoms with E-state index >= 15 is 0 Å². The summed E-state index contributed by atoms with van der Waals surface area (Å²) in [5.74, 6) is 0.374. The number of nitrogens with two attached hydrogens (primary N) is 1. The molecule has 136 valence electrons. The van der Waals surface area contributed by atoms with Gasteiger partial charge in [-0.25, -0.2) is 0 Å². The molecule has 1 unspecified atom stereocenters. The molecule has 5 nitrogen and oxygen atoms in total. The first-order chi connectivity index (χ1) is 11.6. The summed E-state index contributed by atoms with van der Waals surface area (Å²) in [7, 11) is 1.51. The van der Waals surface area contributed by atoms with Gasteiger partial charge >= 0.3 is 0 Å². The van der Waals surface area contributed by atoms with Gasteiger partial charge < -0.3 is 20.5 Å². The number of halogens is 2. The number of rotatable bonds is 8. The Bertz CT molecular complexity index is 683. The second-order valence-corrected chi connectivity index (χ2v) is 5.67. The van der Waals surface area contributed by atoms with Crippen molar-refractivity contribution in [2.75, 3.05) is 13.7 Å². The summed E-state index contributed by atoms with van der Waals surface area (Å²) in [4.78, 5) is 11.9. The van der Waals surface area contributed by atoms with E-state index in [9.17, 15) is 4.79 Å². The standard InChI is InChI=1S/C18H21ClN2O3.ClH/c1-23-12-16(20)18(22)21-10-13-6-2-3-7-14(13)11-24-17-9-5-4-8-15(17)19;/h2-9,16H,10-12,20H2,1H3,(H,21,22);1H. The summed E-state index contributed by atoms with van der Waals surface area (Å²) >= 11 is 6.09. The molecule has 2 aromatic carbocycles. The van der Waals surface area contributed by atoms with Gasteiger partial charge in [0.05, 0.1) is 11.6 Å². The smallest absolute Gasteiger partial charge is 0.239 e. The Morgan fingerprint density at radius 3 is 2.48 bits per heavy atom. The van der Waals surface area contributed by atoms with Crippen LogP contribution in [0.4, 0.5) is 0 Å². The predicted molar refractivity (Wildman–Crippen MR) is 101 cm³/mol. The highest BCUT2D eigenvalue weighted by atomic mass is 35.5. The minimum absolute atomic E-state index is 0. The lowest BCUT2D eigenvalue weighted by atomic mass is 10.1. The predicted octanol–water partition coefficient (Wildman–Crippen LogP) is 2.93. The number of nitrogens with one attached hydrogen (secondary N) is 1. The van der Waals surface area contributed by atoms with Crippen molar-refractivity contribution in [2.45, 2.75) is 19.2 Å². The molecule has 25 heavy (non-hydrogen) atoms. The number of amides is 1. The highest BCUT2D eigenvalue weighted by Crippen LogP contribution is 2.24. The number of ether oxygens (including phenoxy) is 2. The van der Waals surface area contributed by atoms with Crippen LogP contribution in [0.1, 0.15) is 11.1 Å². The van der Waals surface area contributed by atoms with E-state index in [4.69, 9.17) is 26.8 Å². The minimum Gasteiger partial charge on any atom is -0.487 e. The Balaban J connectivity index is 0.00000312. The number of carbonyl (C=O) groups excluding carboxylic acids is 1. The van der Waals surface area contributed by atoms with Crippen LogP contribution in [0.3, 0.4) is 0 Å². The largest absolute Gasteiger partial charge is 0.487 e. The zero-order valence-electron chi connectivity index (χ0n) is 13.9. The number of carbonyl (C=O) groups is 1. The van der Waals surface area contributed by atoms with Gasteiger partial charge in [-0.2, -0.15) is 0 Å². The summed E-state index contributed by atoms with van der Waals surface area (Å²) in [5.41, 5.74) is 7.64. The van der Waals surface area contributed by atoms with Crippen molar-refractivity contribution in [1.29, 1.82) is 0 Å². The van der Waals surface area contributed by atoms with Crippen LogP contribution >= 0.6 is 24.0 Å². The van der Waals surface area contributed by atoms with Gasteiger partial charge in [-0.1, -0.05) is 48.0 Å². The van der Waals surface area contributed by atoms with Crippen LogP contribution in [-0.2, 0) is 22.7 Å². The first-order valence-corrected chi connectivity index (χ1v) is 7.96. The van der Waals surface area contributed by atoms with Crippen LogP contribution in [0.25, 0.3) is 0 Å². The molecule has 0 aliphatic rings. The number of para-hydroxylation sites is 1. The molecular weight excluding hydrogens is 363 g/mol. The first kappa shape index (κ1) is 21.3. The number of hydrogen-bond donors (Lipinski definition) is 2. The topological polar surface area (TPSA) is 73.6 Å². The van der Waals surface area contributed by atoms with Gasteiger partial charge in [0.15, 0.2) is 0 Å². The van der Waals surface area contributed by atoms with E-state index < -0.39 is 6.04 Å². The summed E-state index contributed by atoms with van der Waals surface area (Å²) in [6.07, 6.45) is 0. The molecule has 3 N–H and O–H groups in total. The normalized spacial score (nSPS) is 11.3. The zero-order chi connectivity index (χ0) is 17.4. The molecular formula is C18H22Cl2N2O3. The van der Waals surface area contributed by atoms with Crippen LogP contribution in [0.15, 0.2) is 48.5 Å². The third-order valence-corrected chi connectivity index (χ3v) is 3.79. The van der Waals surface area contributed by atoms with E-state index in [1.54, 1.807) is 6.07 Å². The third kappa shape index (κ3) is 6.55. The Morgan fingerprint density at radius 1 is 1.16 bits per heavy atom. The lowest BCUT2D eigenvalue weighted by molar-refractivity contribution is -0.123. The average molecular weight is 385 g/mol. The highest BCUT2D eigenvalue weighted by Gasteiger charge is 2.13. The van der Waals surface area contributed by atoms with Gasteiger partial charge in [0, 0.05) is 13.7 Å². The molecule has 0 aromatic heterocycles. The maximum atomic E-state index is 11.9. The fourth-order valence-electron chi connectivity index (χ4n) is 2.16. The maximum Gasteiger partial charge on any atom is 0.239 e. The van der Waals surface area contributed by atoms with Crippen LogP contribution in [0.2, 0.25) is 5.02 Å². The summed E-state index contributed by atoms with van der Waals surface area (Å²) in [5, 5.41) is 3.37. The number of methoxy groups -OCH3 is 1. The van der Waals surface area contributed by atoms with Crippen molar-refractivity contribution in [3.63, 3.8) is 0 Å². The van der Waals surface area contributed by atoms with Gasteiger partial charge in [0.25, 0.3) is 0 Å². The Labute approximate surface area is 158 Å². The van der Waals surface area contributed by atoms with Gasteiger partial charge in [-0.15, -0.1) is 12.4 Å². The molecule has 0 heterocycles. The van der Waals surface area contributed by atoms with Gasteiger partial charge in [0.2, 0.25) is 5.91 Å². The quantitative estimate of drug-likeness (QED) is 0.733. The summed E-state index contributed by atoms with van der Waals surface area (Å²) < 4.78 is 10.6. The third-order valence-electron chi connectivity index (χ3n) is 3.47. The molecule has 0 spiro atoms. The number of benzene rings is 2. The first-order valence-electron chi connectivity index (χ1n) is 7.58. The van der Waals surface area contributed by atoms with Crippen molar-refractivity contribution in [1.82, 2.24) is 5.32 Å². The van der Waals surface area contributed by atoms with Gasteiger partial charge in [0.1, 0.15) is 18.4 Å². The second kappa shape index (κ2) is 10.9. The summed E-state index contributed by atoms with van der Waals surface area (Å²) in [6, 6.07) is 14.4. The molecule has 1 amide bonds. The molecule has 0 aliphatic carbocycles. The van der Waals surface area contributed by atoms with Crippen LogP contribution in [0.5, 0.6) is 5.75 Å². The Hall–Kier alpha value is -1.79. The van der Waals surface area contributed by atoms with E-state index in [0.717, 1.165) is 11.1 Å². The van der Waals surface area contributed by atoms with Crippen molar-refractivity contribution in [3.05, 3.63) is 64.7 Å². The molecule has 0 fully saturated rings. The Kier molecular flexibility index (Phi) is 9.31. The van der Waals surface area contributed by atoms with Crippen molar-refractivity contribution in [2.24, 2.45) is 5.73 Å². The molecule has 0 saturated heterocycles. The highest BCUT2D eigenvalue weighted by molar-refractivity contribution is 6.32. The molecule has 7 heteroatoms. The molecule has 2 rings (SSSR count). The zero-order valence-corrected chi connectivity index (χ0v) is 15.5. The minimum atomic E-state index is -0.679. The fraction of sp³-hybridized carbons (Fsp3) is 0.278. The second-order valence-electron chi connectivity index (χ2n) is 5.27. The SMILES string of the molecule is COCC(N)C(=O)NCc1ccccc1COc1ccccc1Cl.Cl. The van der Waals surface area contributed by atoms with Gasteiger partial charge in [-0.3, -0.25) is 4.79 Å². The van der Waals surface area contributed by atoms with Crippen LogP contribution < -0.4 is 15.8 Å².